The van der Waals surface area contributed by atoms with Gasteiger partial charge in [0.15, 0.2) is 0 Å². The summed E-state index contributed by atoms with van der Waals surface area (Å²) < 4.78 is 43.6. The number of hydrogen-bond acceptors (Lipinski definition) is 12. The molecule has 13 nitrogen and oxygen atoms in total. The van der Waals surface area contributed by atoms with E-state index in [-0.39, 0.29) is 19.8 Å². The van der Waals surface area contributed by atoms with Crippen LogP contribution in [0, 0.1) is 0 Å². The van der Waals surface area contributed by atoms with E-state index < -0.39 is 5.97 Å². The molecule has 0 fully saturated rings. The molecule has 0 saturated heterocycles. The Morgan fingerprint density at radius 1 is 0.610 bits per heavy atom. The first-order valence-corrected chi connectivity index (χ1v) is 14.4. The SMILES string of the molecule is O=C(O)COCCOCCOCCOc1cc(Br)ccn1.OCCOCCOCCOCCOc1cc(Br)ccn1. The molecule has 0 bridgehead atoms. The lowest BCUT2D eigenvalue weighted by atomic mass is 10.5. The molecular weight excluding hydrogens is 676 g/mol. The second-order valence-electron chi connectivity index (χ2n) is 7.55. The zero-order valence-electron chi connectivity index (χ0n) is 22.8. The second-order valence-corrected chi connectivity index (χ2v) is 9.38. The fraction of sp³-hybridized carbons (Fsp3) is 0.577. The quantitative estimate of drug-likeness (QED) is 0.153. The normalized spacial score (nSPS) is 10.6. The summed E-state index contributed by atoms with van der Waals surface area (Å²) in [5.74, 6) is 0.123. The third kappa shape index (κ3) is 24.4. The third-order valence-corrected chi connectivity index (χ3v) is 5.28. The number of hydrogen-bond donors (Lipinski definition) is 2. The van der Waals surface area contributed by atoms with E-state index in [4.69, 9.17) is 48.1 Å². The van der Waals surface area contributed by atoms with Crippen LogP contribution in [0.25, 0.3) is 0 Å². The van der Waals surface area contributed by atoms with Crippen LogP contribution in [0.4, 0.5) is 0 Å². The Labute approximate surface area is 256 Å². The van der Waals surface area contributed by atoms with E-state index >= 15 is 0 Å². The van der Waals surface area contributed by atoms with Gasteiger partial charge in [-0.2, -0.15) is 0 Å². The molecule has 0 atom stereocenters. The Bertz CT molecular complexity index is 915. The molecule has 0 aromatic carbocycles. The lowest BCUT2D eigenvalue weighted by molar-refractivity contribution is -0.142. The number of ether oxygens (including phenoxy) is 8. The van der Waals surface area contributed by atoms with Crippen LogP contribution in [-0.2, 0) is 33.2 Å². The van der Waals surface area contributed by atoms with E-state index in [1.54, 1.807) is 24.5 Å². The van der Waals surface area contributed by atoms with E-state index in [0.29, 0.717) is 91.0 Å². The molecule has 2 heterocycles. The van der Waals surface area contributed by atoms with Gasteiger partial charge < -0.3 is 48.1 Å². The van der Waals surface area contributed by atoms with Gasteiger partial charge in [-0.3, -0.25) is 0 Å². The lowest BCUT2D eigenvalue weighted by Gasteiger charge is -2.07. The number of nitrogens with zero attached hydrogens (tertiary/aromatic N) is 2. The van der Waals surface area contributed by atoms with Gasteiger partial charge in [0.05, 0.1) is 79.3 Å². The van der Waals surface area contributed by atoms with Crippen molar-refractivity contribution >= 4 is 37.8 Å². The van der Waals surface area contributed by atoms with Gasteiger partial charge in [-0.05, 0) is 12.1 Å². The minimum atomic E-state index is -0.988. The van der Waals surface area contributed by atoms with Gasteiger partial charge >= 0.3 is 5.97 Å². The van der Waals surface area contributed by atoms with Crippen LogP contribution in [-0.4, -0.2) is 125 Å². The Hall–Kier alpha value is -1.95. The average molecular weight is 714 g/mol. The zero-order chi connectivity index (χ0) is 29.8. The second kappa shape index (κ2) is 26.9. The molecule has 0 aliphatic carbocycles. The molecule has 0 saturated carbocycles. The molecule has 0 radical (unpaired) electrons. The Morgan fingerprint density at radius 3 is 1.34 bits per heavy atom. The summed E-state index contributed by atoms with van der Waals surface area (Å²) in [5, 5.41) is 16.8. The molecule has 0 aliphatic heterocycles. The maximum absolute atomic E-state index is 10.2. The van der Waals surface area contributed by atoms with Gasteiger partial charge in [0, 0.05) is 33.5 Å². The van der Waals surface area contributed by atoms with Gasteiger partial charge in [0.1, 0.15) is 19.8 Å². The fourth-order valence-corrected chi connectivity index (χ4v) is 3.17. The van der Waals surface area contributed by atoms with Crippen LogP contribution in [0.2, 0.25) is 0 Å². The van der Waals surface area contributed by atoms with Crippen LogP contribution in [0.3, 0.4) is 0 Å². The first kappa shape index (κ1) is 37.1. The van der Waals surface area contributed by atoms with Gasteiger partial charge in [-0.25, -0.2) is 14.8 Å². The summed E-state index contributed by atoms with van der Waals surface area (Å²) in [6.07, 6.45) is 3.33. The predicted octanol–water partition coefficient (Wildman–Crippen LogP) is 2.62. The molecule has 0 amide bonds. The van der Waals surface area contributed by atoms with Crippen molar-refractivity contribution in [1.82, 2.24) is 9.97 Å². The molecule has 0 unspecified atom stereocenters. The van der Waals surface area contributed by atoms with Crippen molar-refractivity contribution in [2.45, 2.75) is 0 Å². The van der Waals surface area contributed by atoms with Gasteiger partial charge in [0.2, 0.25) is 11.8 Å². The summed E-state index contributed by atoms with van der Waals surface area (Å²) in [6, 6.07) is 7.24. The van der Waals surface area contributed by atoms with Crippen molar-refractivity contribution in [2.24, 2.45) is 0 Å². The largest absolute Gasteiger partial charge is 0.480 e. The molecule has 0 aliphatic rings. The van der Waals surface area contributed by atoms with Crippen molar-refractivity contribution in [1.29, 1.82) is 0 Å². The fourth-order valence-electron chi connectivity index (χ4n) is 2.54. The molecular formula is C26H38Br2N2O11. The number of aliphatic hydroxyl groups is 1. The minimum Gasteiger partial charge on any atom is -0.480 e. The molecule has 0 spiro atoms. The summed E-state index contributed by atoms with van der Waals surface area (Å²) in [6.45, 7) is 5.32. The summed E-state index contributed by atoms with van der Waals surface area (Å²) in [7, 11) is 0. The number of aliphatic carboxylic acids is 1. The Kier molecular flexibility index (Phi) is 24.3. The number of rotatable bonds is 24. The topological polar surface area (TPSA) is 157 Å². The van der Waals surface area contributed by atoms with Gasteiger partial charge in [0.25, 0.3) is 0 Å². The Balaban J connectivity index is 0.000000410. The van der Waals surface area contributed by atoms with Crippen molar-refractivity contribution in [3.8, 4) is 11.8 Å². The summed E-state index contributed by atoms with van der Waals surface area (Å²) in [4.78, 5) is 18.2. The highest BCUT2D eigenvalue weighted by Crippen LogP contribution is 2.15. The van der Waals surface area contributed by atoms with Crippen LogP contribution in [0.1, 0.15) is 0 Å². The van der Waals surface area contributed by atoms with Crippen LogP contribution >= 0.6 is 31.9 Å². The van der Waals surface area contributed by atoms with Crippen molar-refractivity contribution in [2.75, 3.05) is 99.1 Å². The van der Waals surface area contributed by atoms with E-state index in [9.17, 15) is 4.79 Å². The monoisotopic (exact) mass is 712 g/mol. The lowest BCUT2D eigenvalue weighted by Crippen LogP contribution is -2.14. The number of carboxylic acids is 1. The summed E-state index contributed by atoms with van der Waals surface area (Å²) in [5.41, 5.74) is 0. The smallest absolute Gasteiger partial charge is 0.329 e. The molecule has 2 aromatic heterocycles. The van der Waals surface area contributed by atoms with Gasteiger partial charge in [-0.15, -0.1) is 0 Å². The van der Waals surface area contributed by atoms with Crippen LogP contribution < -0.4 is 9.47 Å². The van der Waals surface area contributed by atoms with Crippen LogP contribution in [0.15, 0.2) is 45.6 Å². The molecule has 232 valence electrons. The van der Waals surface area contributed by atoms with E-state index in [0.717, 1.165) is 8.95 Å². The van der Waals surface area contributed by atoms with Crippen molar-refractivity contribution in [3.05, 3.63) is 45.6 Å². The first-order valence-electron chi connectivity index (χ1n) is 12.8. The highest BCUT2D eigenvalue weighted by molar-refractivity contribution is 9.10. The number of halogens is 2. The maximum atomic E-state index is 10.2. The van der Waals surface area contributed by atoms with E-state index in [1.807, 2.05) is 12.1 Å². The molecule has 2 N–H and O–H groups in total. The number of carboxylic acid groups (broad SMARTS) is 1. The van der Waals surface area contributed by atoms with Gasteiger partial charge in [-0.1, -0.05) is 31.9 Å². The zero-order valence-corrected chi connectivity index (χ0v) is 26.0. The summed E-state index contributed by atoms with van der Waals surface area (Å²) >= 11 is 6.67. The van der Waals surface area contributed by atoms with E-state index in [2.05, 4.69) is 41.8 Å². The first-order chi connectivity index (χ1) is 20.0. The van der Waals surface area contributed by atoms with Crippen LogP contribution in [0.5, 0.6) is 11.8 Å². The predicted molar refractivity (Wildman–Crippen MR) is 154 cm³/mol. The molecule has 41 heavy (non-hydrogen) atoms. The number of aliphatic hydroxyl groups excluding tert-OH is 1. The number of aromatic nitrogens is 2. The number of carbonyl (C=O) groups is 1. The number of pyridine rings is 2. The highest BCUT2D eigenvalue weighted by atomic mass is 79.9. The standard InChI is InChI=1S/C13H18BrNO6.C13H20BrNO5/c14-11-1-2-15-12(9-11)21-8-7-19-4-3-18-5-6-20-10-13(16)17;14-12-1-2-15-13(11-12)20-10-9-19-8-7-18-6-5-17-4-3-16/h1-2,9H,3-8,10H2,(H,16,17);1-2,11,16H,3-10H2. The Morgan fingerprint density at radius 2 is 0.976 bits per heavy atom. The highest BCUT2D eigenvalue weighted by Gasteiger charge is 1.99. The van der Waals surface area contributed by atoms with Crippen molar-refractivity contribution in [3.63, 3.8) is 0 Å². The molecule has 2 aromatic rings. The average Bonchev–Trinajstić information content (AvgIpc) is 2.95. The maximum Gasteiger partial charge on any atom is 0.329 e. The minimum absolute atomic E-state index is 0.0377. The third-order valence-electron chi connectivity index (χ3n) is 4.30. The van der Waals surface area contributed by atoms with Crippen molar-refractivity contribution < 1.29 is 52.9 Å². The molecule has 2 rings (SSSR count). The molecule has 15 heteroatoms. The van der Waals surface area contributed by atoms with E-state index in [1.165, 1.54) is 0 Å².